The third-order valence-electron chi connectivity index (χ3n) is 5.10. The minimum Gasteiger partial charge on any atom is -0.315 e. The van der Waals surface area contributed by atoms with E-state index in [4.69, 9.17) is 0 Å². The molecule has 1 aliphatic heterocycles. The highest BCUT2D eigenvalue weighted by Gasteiger charge is 2.32. The Balaban J connectivity index is 1.60. The van der Waals surface area contributed by atoms with Crippen molar-refractivity contribution in [1.82, 2.24) is 4.31 Å². The van der Waals surface area contributed by atoms with Crippen molar-refractivity contribution in [2.24, 2.45) is 5.92 Å². The van der Waals surface area contributed by atoms with E-state index in [2.05, 4.69) is 0 Å². The number of carbonyl (C=O) groups excluding carboxylic acids is 1. The molecule has 0 atom stereocenters. The number of para-hydroxylation sites is 1. The predicted molar refractivity (Wildman–Crippen MR) is 108 cm³/mol. The Morgan fingerprint density at radius 2 is 1.74 bits per heavy atom. The maximum Gasteiger partial charge on any atom is 0.229 e. The number of anilines is 1. The van der Waals surface area contributed by atoms with E-state index in [-0.39, 0.29) is 17.6 Å². The van der Waals surface area contributed by atoms with Crippen LogP contribution in [-0.2, 0) is 20.6 Å². The molecule has 0 N–H and O–H groups in total. The number of hydrogen-bond acceptors (Lipinski definition) is 3. The smallest absolute Gasteiger partial charge is 0.229 e. The summed E-state index contributed by atoms with van der Waals surface area (Å²) in [6.45, 7) is 2.75. The molecule has 6 heteroatoms. The fourth-order valence-electron chi connectivity index (χ4n) is 3.54. The molecule has 1 aliphatic rings. The van der Waals surface area contributed by atoms with Crippen molar-refractivity contribution in [2.45, 2.75) is 25.5 Å². The fourth-order valence-corrected chi connectivity index (χ4v) is 5.09. The lowest BCUT2D eigenvalue weighted by Gasteiger charge is -2.32. The first-order chi connectivity index (χ1) is 12.9. The number of sulfonamides is 1. The van der Waals surface area contributed by atoms with Crippen molar-refractivity contribution in [1.29, 1.82) is 0 Å². The fraction of sp³-hybridized carbons (Fsp3) is 0.381. The predicted octanol–water partition coefficient (Wildman–Crippen LogP) is 3.20. The molecule has 3 rings (SSSR count). The summed E-state index contributed by atoms with van der Waals surface area (Å²) in [5, 5.41) is 0. The molecule has 2 aromatic carbocycles. The van der Waals surface area contributed by atoms with Gasteiger partial charge in [-0.05, 0) is 37.5 Å². The highest BCUT2D eigenvalue weighted by atomic mass is 32.2. The summed E-state index contributed by atoms with van der Waals surface area (Å²) in [5.41, 5.74) is 2.71. The zero-order valence-corrected chi connectivity index (χ0v) is 16.7. The maximum atomic E-state index is 12.7. The van der Waals surface area contributed by atoms with Gasteiger partial charge in [0.15, 0.2) is 0 Å². The zero-order valence-electron chi connectivity index (χ0n) is 15.8. The van der Waals surface area contributed by atoms with Crippen LogP contribution in [0.2, 0.25) is 0 Å². The Kier molecular flexibility index (Phi) is 5.97. The molecule has 0 saturated carbocycles. The van der Waals surface area contributed by atoms with Gasteiger partial charge in [0.25, 0.3) is 0 Å². The van der Waals surface area contributed by atoms with Gasteiger partial charge in [0, 0.05) is 31.7 Å². The summed E-state index contributed by atoms with van der Waals surface area (Å²) in [6, 6.07) is 17.1. The second-order valence-electron chi connectivity index (χ2n) is 7.15. The SMILES string of the molecule is Cc1cccc(CS(=O)(=O)N2CCC(C(=O)N(C)c3ccccc3)CC2)c1. The maximum absolute atomic E-state index is 12.7. The Labute approximate surface area is 161 Å². The van der Waals surface area contributed by atoms with E-state index < -0.39 is 10.0 Å². The molecule has 1 heterocycles. The van der Waals surface area contributed by atoms with Crippen molar-refractivity contribution >= 4 is 21.6 Å². The number of aryl methyl sites for hydroxylation is 1. The molecule has 0 bridgehead atoms. The zero-order chi connectivity index (χ0) is 19.4. The van der Waals surface area contributed by atoms with Crippen LogP contribution in [0.4, 0.5) is 5.69 Å². The molecule has 0 aliphatic carbocycles. The van der Waals surface area contributed by atoms with E-state index >= 15 is 0 Å². The van der Waals surface area contributed by atoms with E-state index in [1.54, 1.807) is 11.9 Å². The average molecular weight is 387 g/mol. The number of rotatable bonds is 5. The molecular formula is C21H26N2O3S. The summed E-state index contributed by atoms with van der Waals surface area (Å²) in [5.74, 6) is -0.0745. The molecule has 1 saturated heterocycles. The van der Waals surface area contributed by atoms with E-state index in [9.17, 15) is 13.2 Å². The first-order valence-electron chi connectivity index (χ1n) is 9.23. The van der Waals surface area contributed by atoms with Crippen molar-refractivity contribution in [3.63, 3.8) is 0 Å². The minimum atomic E-state index is -3.37. The van der Waals surface area contributed by atoms with Crippen LogP contribution < -0.4 is 4.90 Å². The average Bonchev–Trinajstić information content (AvgIpc) is 2.67. The van der Waals surface area contributed by atoms with E-state index in [0.29, 0.717) is 25.9 Å². The van der Waals surface area contributed by atoms with Crippen LogP contribution in [0.1, 0.15) is 24.0 Å². The normalized spacial score (nSPS) is 16.2. The van der Waals surface area contributed by atoms with E-state index in [1.165, 1.54) is 4.31 Å². The van der Waals surface area contributed by atoms with Crippen LogP contribution in [0.5, 0.6) is 0 Å². The molecule has 5 nitrogen and oxygen atoms in total. The second-order valence-corrected chi connectivity index (χ2v) is 9.12. The van der Waals surface area contributed by atoms with Crippen LogP contribution in [0.3, 0.4) is 0 Å². The summed E-state index contributed by atoms with van der Waals surface area (Å²) in [7, 11) is -1.59. The van der Waals surface area contributed by atoms with Gasteiger partial charge < -0.3 is 4.90 Å². The van der Waals surface area contributed by atoms with Crippen LogP contribution in [0, 0.1) is 12.8 Å². The molecule has 1 amide bonds. The third kappa shape index (κ3) is 4.76. The van der Waals surface area contributed by atoms with Gasteiger partial charge >= 0.3 is 0 Å². The number of piperidine rings is 1. The number of carbonyl (C=O) groups is 1. The van der Waals surface area contributed by atoms with Gasteiger partial charge in [0.05, 0.1) is 5.75 Å². The Bertz CT molecular complexity index is 889. The van der Waals surface area contributed by atoms with Gasteiger partial charge in [-0.3, -0.25) is 4.79 Å². The lowest BCUT2D eigenvalue weighted by Crippen LogP contribution is -2.43. The molecule has 0 unspecified atom stereocenters. The van der Waals surface area contributed by atoms with Crippen LogP contribution in [0.15, 0.2) is 54.6 Å². The molecular weight excluding hydrogens is 360 g/mol. The monoisotopic (exact) mass is 386 g/mol. The lowest BCUT2D eigenvalue weighted by molar-refractivity contribution is -0.123. The summed E-state index contributed by atoms with van der Waals surface area (Å²) < 4.78 is 27.0. The number of nitrogens with zero attached hydrogens (tertiary/aromatic N) is 2. The summed E-state index contributed by atoms with van der Waals surface area (Å²) in [6.07, 6.45) is 1.12. The standard InChI is InChI=1S/C21H26N2O3S/c1-17-7-6-8-18(15-17)16-27(25,26)23-13-11-19(12-14-23)21(24)22(2)20-9-4-3-5-10-20/h3-10,15,19H,11-14,16H2,1-2H3. The van der Waals surface area contributed by atoms with Gasteiger partial charge in [0.2, 0.25) is 15.9 Å². The van der Waals surface area contributed by atoms with Crippen LogP contribution in [0.25, 0.3) is 0 Å². The van der Waals surface area contributed by atoms with Gasteiger partial charge in [-0.15, -0.1) is 0 Å². The van der Waals surface area contributed by atoms with E-state index in [0.717, 1.165) is 16.8 Å². The third-order valence-corrected chi connectivity index (χ3v) is 6.95. The second kappa shape index (κ2) is 8.23. The molecule has 0 aromatic heterocycles. The van der Waals surface area contributed by atoms with Crippen molar-refractivity contribution in [3.05, 3.63) is 65.7 Å². The van der Waals surface area contributed by atoms with Crippen LogP contribution in [-0.4, -0.2) is 38.8 Å². The molecule has 2 aromatic rings. The minimum absolute atomic E-state index is 0.0111. The van der Waals surface area contributed by atoms with Gasteiger partial charge in [0.1, 0.15) is 0 Å². The Morgan fingerprint density at radius 3 is 2.37 bits per heavy atom. The lowest BCUT2D eigenvalue weighted by atomic mass is 9.96. The molecule has 27 heavy (non-hydrogen) atoms. The van der Waals surface area contributed by atoms with E-state index in [1.807, 2.05) is 61.5 Å². The summed E-state index contributed by atoms with van der Waals surface area (Å²) in [4.78, 5) is 14.4. The van der Waals surface area contributed by atoms with Crippen molar-refractivity contribution in [3.8, 4) is 0 Å². The summed E-state index contributed by atoms with van der Waals surface area (Å²) >= 11 is 0. The topological polar surface area (TPSA) is 57.7 Å². The Morgan fingerprint density at radius 1 is 1.07 bits per heavy atom. The van der Waals surface area contributed by atoms with Gasteiger partial charge in [-0.2, -0.15) is 0 Å². The number of amides is 1. The largest absolute Gasteiger partial charge is 0.315 e. The van der Waals surface area contributed by atoms with Gasteiger partial charge in [-0.25, -0.2) is 12.7 Å². The number of benzene rings is 2. The first kappa shape index (κ1) is 19.6. The molecule has 0 spiro atoms. The first-order valence-corrected chi connectivity index (χ1v) is 10.8. The molecule has 1 fully saturated rings. The quantitative estimate of drug-likeness (QED) is 0.793. The van der Waals surface area contributed by atoms with Crippen molar-refractivity contribution < 1.29 is 13.2 Å². The van der Waals surface area contributed by atoms with Crippen molar-refractivity contribution in [2.75, 3.05) is 25.0 Å². The molecule has 0 radical (unpaired) electrons. The van der Waals surface area contributed by atoms with Crippen LogP contribution >= 0.6 is 0 Å². The Hall–Kier alpha value is -2.18. The van der Waals surface area contributed by atoms with Gasteiger partial charge in [-0.1, -0.05) is 48.0 Å². The highest BCUT2D eigenvalue weighted by molar-refractivity contribution is 7.88. The highest BCUT2D eigenvalue weighted by Crippen LogP contribution is 2.25. The molecule has 144 valence electrons. The number of hydrogen-bond donors (Lipinski definition) is 0.